The van der Waals surface area contributed by atoms with Crippen LogP contribution in [-0.2, 0) is 24.2 Å². The summed E-state index contributed by atoms with van der Waals surface area (Å²) < 4.78 is 5.35. The smallest absolute Gasteiger partial charge is 0.216 e. The number of hydrogen-bond donors (Lipinski definition) is 3. The number of carbonyl (C=O) groups excluding carboxylic acids is 1. The van der Waals surface area contributed by atoms with Crippen LogP contribution in [0.3, 0.4) is 0 Å². The number of rotatable bonds is 8. The summed E-state index contributed by atoms with van der Waals surface area (Å²) in [6.07, 6.45) is 1.64. The number of halogens is 1. The van der Waals surface area contributed by atoms with Crippen molar-refractivity contribution in [2.45, 2.75) is 47.1 Å². The molecule has 1 aromatic heterocycles. The van der Waals surface area contributed by atoms with E-state index in [1.165, 1.54) is 6.92 Å². The summed E-state index contributed by atoms with van der Waals surface area (Å²) in [4.78, 5) is 15.4. The highest BCUT2D eigenvalue weighted by Gasteiger charge is 2.12. The zero-order chi connectivity index (χ0) is 16.4. The third-order valence-corrected chi connectivity index (χ3v) is 3.14. The van der Waals surface area contributed by atoms with Gasteiger partial charge in [0.2, 0.25) is 5.91 Å². The quantitative estimate of drug-likeness (QED) is 0.249. The molecule has 0 aliphatic rings. The first-order chi connectivity index (χ1) is 10.6. The van der Waals surface area contributed by atoms with Crippen LogP contribution in [-0.4, -0.2) is 36.7 Å². The Hall–Kier alpha value is -1.32. The highest BCUT2D eigenvalue weighted by atomic mass is 127. The minimum absolute atomic E-state index is 0. The zero-order valence-corrected chi connectivity index (χ0v) is 16.7. The van der Waals surface area contributed by atoms with E-state index in [-0.39, 0.29) is 29.9 Å². The van der Waals surface area contributed by atoms with Crippen molar-refractivity contribution in [2.24, 2.45) is 4.99 Å². The molecule has 1 amide bonds. The number of aromatic nitrogens is 1. The first-order valence-corrected chi connectivity index (χ1v) is 7.85. The van der Waals surface area contributed by atoms with Crippen molar-refractivity contribution in [1.29, 1.82) is 0 Å². The second kappa shape index (κ2) is 12.1. The Bertz CT molecular complexity index is 481. The van der Waals surface area contributed by atoms with Crippen LogP contribution in [0.5, 0.6) is 0 Å². The van der Waals surface area contributed by atoms with Crippen LogP contribution in [0.1, 0.15) is 44.7 Å². The predicted octanol–water partition coefficient (Wildman–Crippen LogP) is 1.61. The van der Waals surface area contributed by atoms with Gasteiger partial charge < -0.3 is 20.5 Å². The summed E-state index contributed by atoms with van der Waals surface area (Å²) in [6.45, 7) is 10.1. The van der Waals surface area contributed by atoms with Gasteiger partial charge in [0, 0.05) is 38.5 Å². The Morgan fingerprint density at radius 3 is 2.39 bits per heavy atom. The van der Waals surface area contributed by atoms with E-state index in [2.05, 4.69) is 33.0 Å². The number of carbonyl (C=O) groups is 1. The van der Waals surface area contributed by atoms with Crippen molar-refractivity contribution >= 4 is 35.8 Å². The van der Waals surface area contributed by atoms with Crippen molar-refractivity contribution < 1.29 is 9.32 Å². The van der Waals surface area contributed by atoms with Gasteiger partial charge in [0.05, 0.1) is 12.2 Å². The summed E-state index contributed by atoms with van der Waals surface area (Å²) in [7, 11) is 0. The topological polar surface area (TPSA) is 91.6 Å². The van der Waals surface area contributed by atoms with Crippen molar-refractivity contribution in [3.8, 4) is 0 Å². The lowest BCUT2D eigenvalue weighted by atomic mass is 10.1. The zero-order valence-electron chi connectivity index (χ0n) is 14.4. The SMILES string of the molecule is CCNC(=NCc1c(CC)noc1CC)NCCNC(C)=O.I. The molecular weight excluding hydrogens is 409 g/mol. The van der Waals surface area contributed by atoms with Gasteiger partial charge in [-0.1, -0.05) is 19.0 Å². The molecule has 0 saturated heterocycles. The number of guanidine groups is 1. The van der Waals surface area contributed by atoms with Gasteiger partial charge in [-0.05, 0) is 13.3 Å². The fourth-order valence-electron chi connectivity index (χ4n) is 2.04. The molecule has 1 rings (SSSR count). The van der Waals surface area contributed by atoms with Gasteiger partial charge in [-0.25, -0.2) is 4.99 Å². The number of nitrogens with one attached hydrogen (secondary N) is 3. The van der Waals surface area contributed by atoms with Gasteiger partial charge in [0.1, 0.15) is 5.76 Å². The summed E-state index contributed by atoms with van der Waals surface area (Å²) in [5, 5.41) is 13.2. The molecule has 8 heteroatoms. The van der Waals surface area contributed by atoms with E-state index in [1.807, 2.05) is 13.8 Å². The number of nitrogens with zero attached hydrogens (tertiary/aromatic N) is 2. The maximum Gasteiger partial charge on any atom is 0.216 e. The largest absolute Gasteiger partial charge is 0.361 e. The Labute approximate surface area is 155 Å². The molecule has 132 valence electrons. The highest BCUT2D eigenvalue weighted by molar-refractivity contribution is 14.0. The van der Waals surface area contributed by atoms with Crippen LogP contribution >= 0.6 is 24.0 Å². The normalized spacial score (nSPS) is 10.9. The average Bonchev–Trinajstić information content (AvgIpc) is 2.90. The molecule has 0 bridgehead atoms. The Morgan fingerprint density at radius 2 is 1.83 bits per heavy atom. The van der Waals surface area contributed by atoms with Crippen LogP contribution in [0.4, 0.5) is 0 Å². The average molecular weight is 437 g/mol. The minimum Gasteiger partial charge on any atom is -0.361 e. The minimum atomic E-state index is -0.0339. The summed E-state index contributed by atoms with van der Waals surface area (Å²) in [6, 6.07) is 0. The third-order valence-electron chi connectivity index (χ3n) is 3.14. The number of amides is 1. The fourth-order valence-corrected chi connectivity index (χ4v) is 2.04. The van der Waals surface area contributed by atoms with E-state index in [0.29, 0.717) is 19.6 Å². The summed E-state index contributed by atoms with van der Waals surface area (Å²) in [5.41, 5.74) is 2.04. The lowest BCUT2D eigenvalue weighted by Gasteiger charge is -2.11. The molecule has 0 aromatic carbocycles. The molecule has 0 radical (unpaired) electrons. The van der Waals surface area contributed by atoms with Crippen LogP contribution in [0.25, 0.3) is 0 Å². The highest BCUT2D eigenvalue weighted by Crippen LogP contribution is 2.16. The van der Waals surface area contributed by atoms with Crippen molar-refractivity contribution in [3.63, 3.8) is 0 Å². The van der Waals surface area contributed by atoms with Crippen LogP contribution < -0.4 is 16.0 Å². The monoisotopic (exact) mass is 437 g/mol. The van der Waals surface area contributed by atoms with E-state index < -0.39 is 0 Å². The molecule has 7 nitrogen and oxygen atoms in total. The molecule has 1 aromatic rings. The Kier molecular flexibility index (Phi) is 11.4. The first-order valence-electron chi connectivity index (χ1n) is 7.85. The molecule has 0 fully saturated rings. The van der Waals surface area contributed by atoms with E-state index in [4.69, 9.17) is 4.52 Å². The second-order valence-corrected chi connectivity index (χ2v) is 4.84. The molecule has 0 spiro atoms. The standard InChI is InChI=1S/C15H27N5O2.HI/c1-5-13-12(14(6-2)22-20-13)10-19-15(16-7-3)18-9-8-17-11(4)21;/h5-10H2,1-4H3,(H,17,21)(H2,16,18,19);1H. The Morgan fingerprint density at radius 1 is 1.13 bits per heavy atom. The molecule has 0 atom stereocenters. The van der Waals surface area contributed by atoms with E-state index in [0.717, 1.165) is 42.4 Å². The number of hydrogen-bond acceptors (Lipinski definition) is 4. The van der Waals surface area contributed by atoms with Crippen LogP contribution in [0.15, 0.2) is 9.52 Å². The van der Waals surface area contributed by atoms with E-state index in [9.17, 15) is 4.79 Å². The van der Waals surface area contributed by atoms with E-state index >= 15 is 0 Å². The van der Waals surface area contributed by atoms with Gasteiger partial charge in [-0.3, -0.25) is 4.79 Å². The second-order valence-electron chi connectivity index (χ2n) is 4.84. The van der Waals surface area contributed by atoms with Gasteiger partial charge in [-0.15, -0.1) is 24.0 Å². The van der Waals surface area contributed by atoms with Crippen LogP contribution in [0.2, 0.25) is 0 Å². The predicted molar refractivity (Wildman–Crippen MR) is 102 cm³/mol. The molecule has 23 heavy (non-hydrogen) atoms. The first kappa shape index (κ1) is 21.7. The molecule has 3 N–H and O–H groups in total. The van der Waals surface area contributed by atoms with Crippen molar-refractivity contribution in [3.05, 3.63) is 17.0 Å². The number of aliphatic imine (C=N–C) groups is 1. The maximum absolute atomic E-state index is 10.8. The summed E-state index contributed by atoms with van der Waals surface area (Å²) >= 11 is 0. The van der Waals surface area contributed by atoms with Gasteiger partial charge in [0.25, 0.3) is 0 Å². The van der Waals surface area contributed by atoms with Crippen molar-refractivity contribution in [2.75, 3.05) is 19.6 Å². The lowest BCUT2D eigenvalue weighted by Crippen LogP contribution is -2.41. The van der Waals surface area contributed by atoms with Gasteiger partial charge in [0.15, 0.2) is 5.96 Å². The molecule has 0 saturated carbocycles. The molecule has 0 aliphatic heterocycles. The van der Waals surface area contributed by atoms with Crippen molar-refractivity contribution in [1.82, 2.24) is 21.1 Å². The molecular formula is C15H28IN5O2. The molecule has 0 aliphatic carbocycles. The molecule has 1 heterocycles. The van der Waals surface area contributed by atoms with Crippen LogP contribution in [0, 0.1) is 0 Å². The van der Waals surface area contributed by atoms with E-state index in [1.54, 1.807) is 0 Å². The maximum atomic E-state index is 10.8. The van der Waals surface area contributed by atoms with Gasteiger partial charge in [-0.2, -0.15) is 0 Å². The molecule has 0 unspecified atom stereocenters. The van der Waals surface area contributed by atoms with Gasteiger partial charge >= 0.3 is 0 Å². The fraction of sp³-hybridized carbons (Fsp3) is 0.667. The summed E-state index contributed by atoms with van der Waals surface area (Å²) in [5.74, 6) is 1.58. The lowest BCUT2D eigenvalue weighted by molar-refractivity contribution is -0.118. The Balaban J connectivity index is 0.00000484. The third kappa shape index (κ3) is 7.67. The number of aryl methyl sites for hydroxylation is 2.